The quantitative estimate of drug-likeness (QED) is 0.236. The van der Waals surface area contributed by atoms with Gasteiger partial charge in [0.25, 0.3) is 0 Å². The molecule has 0 saturated heterocycles. The van der Waals surface area contributed by atoms with Crippen LogP contribution in [0.5, 0.6) is 0 Å². The van der Waals surface area contributed by atoms with Crippen LogP contribution in [0.1, 0.15) is 109 Å². The van der Waals surface area contributed by atoms with E-state index in [9.17, 15) is 0 Å². The third-order valence-corrected chi connectivity index (χ3v) is 17.7. The third-order valence-electron chi connectivity index (χ3n) is 10.7. The molecule has 0 N–H and O–H groups in total. The molecular weight excluding hydrogens is 515 g/mol. The molecule has 0 aromatic carbocycles. The molecule has 0 radical (unpaired) electrons. The van der Waals surface area contributed by atoms with Gasteiger partial charge in [-0.25, -0.2) is 0 Å². The van der Waals surface area contributed by atoms with Crippen molar-refractivity contribution in [2.75, 3.05) is 0 Å². The average Bonchev–Trinajstić information content (AvgIpc) is 3.39. The summed E-state index contributed by atoms with van der Waals surface area (Å²) < 4.78 is 0. The summed E-state index contributed by atoms with van der Waals surface area (Å²) >= 11 is -0.826. The van der Waals surface area contributed by atoms with Gasteiger partial charge in [-0.1, -0.05) is 116 Å². The van der Waals surface area contributed by atoms with Crippen LogP contribution in [0.25, 0.3) is 0 Å². The van der Waals surface area contributed by atoms with Crippen LogP contribution < -0.4 is 0 Å². The predicted octanol–water partition coefficient (Wildman–Crippen LogP) is 10.6. The number of rotatable bonds is 3. The van der Waals surface area contributed by atoms with Crippen molar-refractivity contribution in [3.8, 4) is 0 Å². The van der Waals surface area contributed by atoms with Crippen molar-refractivity contribution < 1.29 is 20.8 Å². The van der Waals surface area contributed by atoms with Crippen molar-refractivity contribution in [1.82, 2.24) is 0 Å². The number of fused-ring (bicyclic) bond motifs is 2. The van der Waals surface area contributed by atoms with E-state index in [1.165, 1.54) is 28.5 Å². The Labute approximate surface area is 215 Å². The Morgan fingerprint density at radius 3 is 1.39 bits per heavy atom. The zero-order chi connectivity index (χ0) is 20.3. The van der Waals surface area contributed by atoms with Crippen molar-refractivity contribution in [2.45, 2.75) is 132 Å². The molecule has 4 heteroatoms. The molecule has 0 bridgehead atoms. The van der Waals surface area contributed by atoms with Gasteiger partial charge in [0.1, 0.15) is 0 Å². The summed E-state index contributed by atoms with van der Waals surface area (Å²) in [6.07, 6.45) is 27.3. The molecule has 5 aliphatic rings. The van der Waals surface area contributed by atoms with Gasteiger partial charge in [-0.05, 0) is 40.3 Å². The molecule has 0 aromatic rings. The van der Waals surface area contributed by atoms with Gasteiger partial charge in [-0.3, -0.25) is 0 Å². The molecule has 180 valence electrons. The van der Waals surface area contributed by atoms with E-state index in [2.05, 4.69) is 6.55 Å². The number of halogens is 2. The fourth-order valence-electron chi connectivity index (χ4n) is 9.61. The molecule has 0 spiro atoms. The van der Waals surface area contributed by atoms with Crippen LogP contribution >= 0.6 is 17.0 Å². The van der Waals surface area contributed by atoms with Crippen LogP contribution in [0.15, 0.2) is 0 Å². The third kappa shape index (κ3) is 6.09. The normalized spacial score (nSPS) is 39.3. The van der Waals surface area contributed by atoms with Crippen LogP contribution in [0.3, 0.4) is 0 Å². The molecule has 5 fully saturated rings. The molecule has 0 heterocycles. The van der Waals surface area contributed by atoms with Gasteiger partial charge in [0.2, 0.25) is 0 Å². The van der Waals surface area contributed by atoms with E-state index < -0.39 is 28.9 Å². The van der Waals surface area contributed by atoms with Gasteiger partial charge in [-0.15, -0.1) is 0 Å². The molecular formula is C27H50Cl2SiZr. The zero-order valence-electron chi connectivity index (χ0n) is 20.8. The zero-order valence-corrected chi connectivity index (χ0v) is 25.8. The molecule has 0 aliphatic heterocycles. The number of hydrogen-bond donors (Lipinski definition) is 0. The van der Waals surface area contributed by atoms with Gasteiger partial charge in [0.05, 0.1) is 8.07 Å². The van der Waals surface area contributed by atoms with E-state index in [0.717, 1.165) is 11.8 Å². The SMILES string of the molecule is C[Si](C1CCCCC1)([C@H]1CCC2CCCCC21)[C@H]1CCC2CCCCC21.[CH3-].[CH3-].[Cl][Zr+2][Cl]. The summed E-state index contributed by atoms with van der Waals surface area (Å²) in [5, 5.41) is 0. The Kier molecular flexibility index (Phi) is 12.8. The summed E-state index contributed by atoms with van der Waals surface area (Å²) in [7, 11) is 8.67. The Hall–Kier alpha value is 1.68. The Morgan fingerprint density at radius 1 is 0.548 bits per heavy atom. The minimum atomic E-state index is -1.20. The summed E-state index contributed by atoms with van der Waals surface area (Å²) in [6, 6.07) is 0. The fraction of sp³-hybridized carbons (Fsp3) is 0.926. The van der Waals surface area contributed by atoms with Crippen molar-refractivity contribution >= 4 is 25.1 Å². The van der Waals surface area contributed by atoms with Gasteiger partial charge < -0.3 is 14.9 Å². The molecule has 0 aromatic heterocycles. The van der Waals surface area contributed by atoms with Gasteiger partial charge in [-0.2, -0.15) is 0 Å². The first-order valence-electron chi connectivity index (χ1n) is 13.2. The minimum absolute atomic E-state index is 0. The standard InChI is InChI=1S/C25H44Si.2CH3.2ClH.Zr/c1-26(21-11-3-2-4-12-21,24-17-15-19-9-5-7-13-22(19)24)25-18-16-20-10-6-8-14-23(20)25;;;;;/h19-25H,2-18H2,1H3;2*1H3;2*1H;/q;2*-1;;;+4/p-2/t19?,20?,22?,23?,24-,25-,26?;;;;;/m0...../s1. The van der Waals surface area contributed by atoms with E-state index in [1.807, 2.05) is 0 Å². The second-order valence-electron chi connectivity index (χ2n) is 11.6. The molecule has 0 amide bonds. The van der Waals surface area contributed by atoms with E-state index in [4.69, 9.17) is 17.0 Å². The van der Waals surface area contributed by atoms with Crippen molar-refractivity contribution in [3.63, 3.8) is 0 Å². The molecule has 5 aliphatic carbocycles. The average molecular weight is 565 g/mol. The van der Waals surface area contributed by atoms with E-state index >= 15 is 0 Å². The van der Waals surface area contributed by atoms with Crippen LogP contribution in [0, 0.1) is 38.5 Å². The van der Waals surface area contributed by atoms with Gasteiger partial charge >= 0.3 is 37.9 Å². The fourth-order valence-corrected chi connectivity index (χ4v) is 17.3. The first-order chi connectivity index (χ1) is 14.2. The Balaban J connectivity index is 0.000000648. The van der Waals surface area contributed by atoms with Crippen molar-refractivity contribution in [3.05, 3.63) is 14.9 Å². The van der Waals surface area contributed by atoms with Crippen LogP contribution in [0.2, 0.25) is 23.2 Å². The molecule has 5 saturated carbocycles. The molecule has 0 nitrogen and oxygen atoms in total. The van der Waals surface area contributed by atoms with Crippen LogP contribution in [-0.2, 0) is 20.8 Å². The first kappa shape index (κ1) is 28.9. The predicted molar refractivity (Wildman–Crippen MR) is 140 cm³/mol. The molecule has 5 rings (SSSR count). The van der Waals surface area contributed by atoms with Crippen molar-refractivity contribution in [2.24, 2.45) is 23.7 Å². The van der Waals surface area contributed by atoms with Crippen LogP contribution in [0.4, 0.5) is 0 Å². The van der Waals surface area contributed by atoms with Crippen molar-refractivity contribution in [1.29, 1.82) is 0 Å². The second-order valence-corrected chi connectivity index (χ2v) is 20.3. The summed E-state index contributed by atoms with van der Waals surface area (Å²) in [4.78, 5) is 0. The monoisotopic (exact) mass is 562 g/mol. The topological polar surface area (TPSA) is 0 Å². The Morgan fingerprint density at radius 2 is 0.935 bits per heavy atom. The van der Waals surface area contributed by atoms with E-state index in [1.54, 1.807) is 109 Å². The van der Waals surface area contributed by atoms with Gasteiger partial charge in [0.15, 0.2) is 0 Å². The summed E-state index contributed by atoms with van der Waals surface area (Å²) in [5.74, 6) is 4.69. The van der Waals surface area contributed by atoms with Gasteiger partial charge in [0, 0.05) is 0 Å². The molecule has 31 heavy (non-hydrogen) atoms. The summed E-state index contributed by atoms with van der Waals surface area (Å²) in [6.45, 7) is 3.02. The maximum absolute atomic E-state index is 4.93. The molecule has 4 unspecified atom stereocenters. The van der Waals surface area contributed by atoms with Crippen LogP contribution in [-0.4, -0.2) is 8.07 Å². The second kappa shape index (κ2) is 13.7. The first-order valence-corrected chi connectivity index (χ1v) is 22.2. The van der Waals surface area contributed by atoms with E-state index in [0.29, 0.717) is 0 Å². The number of hydrogen-bond acceptors (Lipinski definition) is 0. The maximum atomic E-state index is 4.93. The summed E-state index contributed by atoms with van der Waals surface area (Å²) in [5.41, 5.74) is 3.69. The molecule has 6 atom stereocenters. The van der Waals surface area contributed by atoms with E-state index in [-0.39, 0.29) is 14.9 Å². The Bertz CT molecular complexity index is 477.